The molecule has 2 aliphatic rings. The van der Waals surface area contributed by atoms with E-state index in [4.69, 9.17) is 11.6 Å². The first kappa shape index (κ1) is 22.2. The van der Waals surface area contributed by atoms with E-state index in [0.29, 0.717) is 26.2 Å². The van der Waals surface area contributed by atoms with Crippen LogP contribution >= 0.6 is 11.6 Å². The van der Waals surface area contributed by atoms with Crippen LogP contribution in [0.5, 0.6) is 0 Å². The first-order chi connectivity index (χ1) is 16.5. The topological polar surface area (TPSA) is 96.6 Å². The van der Waals surface area contributed by atoms with Crippen molar-refractivity contribution in [3.05, 3.63) is 58.5 Å². The summed E-state index contributed by atoms with van der Waals surface area (Å²) in [6, 6.07) is 14.4. The van der Waals surface area contributed by atoms with Gasteiger partial charge in [0.15, 0.2) is 0 Å². The Morgan fingerprint density at radius 1 is 1.18 bits per heavy atom. The van der Waals surface area contributed by atoms with Gasteiger partial charge in [-0.25, -0.2) is 14.8 Å². The second kappa shape index (κ2) is 8.99. The molecule has 0 radical (unpaired) electrons. The van der Waals surface area contributed by atoms with Crippen molar-refractivity contribution in [3.8, 4) is 6.07 Å². The number of fused-ring (bicyclic) bond motifs is 2. The fourth-order valence-electron chi connectivity index (χ4n) is 5.20. The number of benzene rings is 2. The molecule has 1 saturated heterocycles. The summed E-state index contributed by atoms with van der Waals surface area (Å²) in [5.74, 6) is 0.761. The van der Waals surface area contributed by atoms with Gasteiger partial charge in [-0.05, 0) is 42.0 Å². The molecular weight excluding hydrogens is 452 g/mol. The Morgan fingerprint density at radius 2 is 1.97 bits per heavy atom. The number of nitriles is 1. The second-order valence-electron chi connectivity index (χ2n) is 8.80. The summed E-state index contributed by atoms with van der Waals surface area (Å²) in [7, 11) is 0. The number of carbonyl (C=O) groups is 1. The van der Waals surface area contributed by atoms with Crippen LogP contribution in [0.15, 0.2) is 36.4 Å². The number of anilines is 2. The molecule has 1 atom stereocenters. The van der Waals surface area contributed by atoms with Gasteiger partial charge in [0.1, 0.15) is 5.82 Å². The van der Waals surface area contributed by atoms with E-state index in [-0.39, 0.29) is 11.7 Å². The minimum atomic E-state index is -0.997. The molecule has 0 spiro atoms. The van der Waals surface area contributed by atoms with Crippen LogP contribution < -0.4 is 9.80 Å². The average Bonchev–Trinajstić information content (AvgIpc) is 2.83. The van der Waals surface area contributed by atoms with Gasteiger partial charge in [0.25, 0.3) is 0 Å². The Labute approximate surface area is 203 Å². The molecule has 0 saturated carbocycles. The molecular formula is C25H25ClN6O2. The van der Waals surface area contributed by atoms with Crippen LogP contribution in [0.2, 0.25) is 5.28 Å². The van der Waals surface area contributed by atoms with E-state index in [1.807, 2.05) is 0 Å². The van der Waals surface area contributed by atoms with Crippen LogP contribution in [-0.2, 0) is 13.0 Å². The average molecular weight is 477 g/mol. The van der Waals surface area contributed by atoms with Crippen LogP contribution in [0.3, 0.4) is 0 Å². The summed E-state index contributed by atoms with van der Waals surface area (Å²) >= 11 is 6.37. The van der Waals surface area contributed by atoms with E-state index < -0.39 is 12.1 Å². The molecule has 8 nitrogen and oxygen atoms in total. The predicted molar refractivity (Wildman–Crippen MR) is 131 cm³/mol. The number of piperazine rings is 1. The van der Waals surface area contributed by atoms with Crippen LogP contribution in [0, 0.1) is 18.3 Å². The third-order valence-electron chi connectivity index (χ3n) is 6.80. The maximum absolute atomic E-state index is 11.6. The van der Waals surface area contributed by atoms with Crippen molar-refractivity contribution in [1.82, 2.24) is 14.9 Å². The van der Waals surface area contributed by atoms with E-state index in [9.17, 15) is 15.2 Å². The van der Waals surface area contributed by atoms with Crippen LogP contribution in [-0.4, -0.2) is 58.3 Å². The normalized spacial score (nSPS) is 18.0. The van der Waals surface area contributed by atoms with Gasteiger partial charge in [-0.2, -0.15) is 5.26 Å². The number of halogens is 1. The number of aryl methyl sites for hydroxylation is 1. The molecule has 2 aliphatic heterocycles. The fraction of sp³-hybridized carbons (Fsp3) is 0.360. The lowest BCUT2D eigenvalue weighted by molar-refractivity contribution is 0.119. The molecule has 3 heterocycles. The standard InChI is InChI=1S/C25H25ClN6O2/c1-16-4-2-5-17-6-3-7-21(22(16)17)30-11-9-19-20(15-30)28-24(26)29-23(19)31-12-13-32(25(33)34)18(14-31)8-10-27/h2-7,18H,8-9,11-15H2,1H3,(H,33,34)/t18-/m0/s1. The number of rotatable bonds is 3. The van der Waals surface area contributed by atoms with Gasteiger partial charge in [0.2, 0.25) is 5.28 Å². The van der Waals surface area contributed by atoms with Crippen LogP contribution in [0.25, 0.3) is 10.8 Å². The van der Waals surface area contributed by atoms with Gasteiger partial charge in [0, 0.05) is 42.8 Å². The Kier molecular flexibility index (Phi) is 5.88. The highest BCUT2D eigenvalue weighted by molar-refractivity contribution is 6.28. The van der Waals surface area contributed by atoms with Gasteiger partial charge in [-0.3, -0.25) is 0 Å². The minimum absolute atomic E-state index is 0.137. The Bertz CT molecular complexity index is 1300. The maximum Gasteiger partial charge on any atom is 0.407 e. The SMILES string of the molecule is Cc1cccc2cccc(N3CCc4c(nc(Cl)nc4N4CCN(C(=O)O)[C@@H](CC#N)C4)C3)c12. The zero-order valence-electron chi connectivity index (χ0n) is 18.9. The van der Waals surface area contributed by atoms with Crippen molar-refractivity contribution in [1.29, 1.82) is 5.26 Å². The predicted octanol–water partition coefficient (Wildman–Crippen LogP) is 4.24. The van der Waals surface area contributed by atoms with E-state index in [1.54, 1.807) is 0 Å². The van der Waals surface area contributed by atoms with Crippen molar-refractivity contribution >= 4 is 40.0 Å². The molecule has 3 aromatic rings. The van der Waals surface area contributed by atoms with E-state index in [0.717, 1.165) is 30.0 Å². The second-order valence-corrected chi connectivity index (χ2v) is 9.14. The van der Waals surface area contributed by atoms with Crippen molar-refractivity contribution in [2.24, 2.45) is 0 Å². The molecule has 174 valence electrons. The third-order valence-corrected chi connectivity index (χ3v) is 6.97. The smallest absolute Gasteiger partial charge is 0.407 e. The molecule has 2 aromatic carbocycles. The zero-order chi connectivity index (χ0) is 23.8. The molecule has 34 heavy (non-hydrogen) atoms. The van der Waals surface area contributed by atoms with Crippen LogP contribution in [0.4, 0.5) is 16.3 Å². The summed E-state index contributed by atoms with van der Waals surface area (Å²) in [6.07, 6.45) is -0.104. The largest absolute Gasteiger partial charge is 0.465 e. The van der Waals surface area contributed by atoms with Gasteiger partial charge in [-0.15, -0.1) is 0 Å². The van der Waals surface area contributed by atoms with Crippen molar-refractivity contribution < 1.29 is 9.90 Å². The molecule has 1 aromatic heterocycles. The number of hydrogen-bond acceptors (Lipinski definition) is 6. The van der Waals surface area contributed by atoms with Gasteiger partial charge >= 0.3 is 6.09 Å². The summed E-state index contributed by atoms with van der Waals surface area (Å²) < 4.78 is 0. The van der Waals surface area contributed by atoms with Gasteiger partial charge in [-0.1, -0.05) is 30.3 Å². The molecule has 0 bridgehead atoms. The molecule has 1 fully saturated rings. The van der Waals surface area contributed by atoms with E-state index in [1.165, 1.54) is 26.9 Å². The molecule has 0 unspecified atom stereocenters. The molecule has 0 aliphatic carbocycles. The lowest BCUT2D eigenvalue weighted by atomic mass is 9.99. The Balaban J connectivity index is 1.47. The molecule has 1 N–H and O–H groups in total. The number of nitrogens with zero attached hydrogens (tertiary/aromatic N) is 6. The van der Waals surface area contributed by atoms with Gasteiger partial charge in [0.05, 0.1) is 30.8 Å². The lowest BCUT2D eigenvalue weighted by Crippen LogP contribution is -2.55. The highest BCUT2D eigenvalue weighted by Gasteiger charge is 2.33. The van der Waals surface area contributed by atoms with Gasteiger partial charge < -0.3 is 19.8 Å². The molecule has 5 rings (SSSR count). The number of amides is 1. The summed E-state index contributed by atoms with van der Waals surface area (Å²) in [4.78, 5) is 26.5. The number of hydrogen-bond donors (Lipinski definition) is 1. The number of aromatic nitrogens is 2. The molecule has 1 amide bonds. The Morgan fingerprint density at radius 3 is 2.74 bits per heavy atom. The fourth-order valence-corrected chi connectivity index (χ4v) is 5.38. The lowest BCUT2D eigenvalue weighted by Gasteiger charge is -2.41. The van der Waals surface area contributed by atoms with E-state index >= 15 is 0 Å². The maximum atomic E-state index is 11.6. The summed E-state index contributed by atoms with van der Waals surface area (Å²) in [6.45, 7) is 4.80. The summed E-state index contributed by atoms with van der Waals surface area (Å²) in [5.41, 5.74) is 4.36. The van der Waals surface area contributed by atoms with Crippen molar-refractivity contribution in [2.45, 2.75) is 32.4 Å². The van der Waals surface area contributed by atoms with Crippen molar-refractivity contribution in [3.63, 3.8) is 0 Å². The first-order valence-electron chi connectivity index (χ1n) is 11.4. The minimum Gasteiger partial charge on any atom is -0.465 e. The summed E-state index contributed by atoms with van der Waals surface area (Å²) in [5, 5.41) is 21.4. The molecule has 9 heteroatoms. The van der Waals surface area contributed by atoms with E-state index in [2.05, 4.69) is 69.2 Å². The highest BCUT2D eigenvalue weighted by atomic mass is 35.5. The highest BCUT2D eigenvalue weighted by Crippen LogP contribution is 2.35. The number of carboxylic acid groups (broad SMARTS) is 1. The monoisotopic (exact) mass is 476 g/mol. The van der Waals surface area contributed by atoms with Crippen molar-refractivity contribution in [2.75, 3.05) is 36.0 Å². The third kappa shape index (κ3) is 3.97. The Hall–Kier alpha value is -3.57. The first-order valence-corrected chi connectivity index (χ1v) is 11.7. The van der Waals surface area contributed by atoms with Crippen LogP contribution in [0.1, 0.15) is 23.2 Å². The zero-order valence-corrected chi connectivity index (χ0v) is 19.7. The quantitative estimate of drug-likeness (QED) is 0.565.